The van der Waals surface area contributed by atoms with Crippen LogP contribution in [-0.4, -0.2) is 6.04 Å². The highest BCUT2D eigenvalue weighted by Crippen LogP contribution is 2.25. The Morgan fingerprint density at radius 3 is 2.73 bits per heavy atom. The lowest BCUT2D eigenvalue weighted by Gasteiger charge is -2.10. The van der Waals surface area contributed by atoms with Gasteiger partial charge in [0.1, 0.15) is 0 Å². The maximum atomic E-state index is 3.68. The molecule has 0 aliphatic heterocycles. The van der Waals surface area contributed by atoms with E-state index in [1.807, 2.05) is 11.3 Å². The van der Waals surface area contributed by atoms with Gasteiger partial charge in [-0.2, -0.15) is 0 Å². The second kappa shape index (κ2) is 5.13. The molecule has 1 heterocycles. The molecule has 0 saturated heterocycles. The van der Waals surface area contributed by atoms with Crippen molar-refractivity contribution in [3.63, 3.8) is 0 Å². The Bertz CT molecular complexity index is 305. The number of rotatable bonds is 4. The van der Waals surface area contributed by atoms with Crippen LogP contribution in [0, 0.1) is 5.92 Å². The summed E-state index contributed by atoms with van der Waals surface area (Å²) >= 11 is 1.95. The molecule has 1 aliphatic rings. The van der Waals surface area contributed by atoms with E-state index in [2.05, 4.69) is 31.3 Å². The SMILES string of the molecule is CCc1ccc(CNC2CCC(C)C2)s1. The van der Waals surface area contributed by atoms with Crippen molar-refractivity contribution >= 4 is 11.3 Å². The van der Waals surface area contributed by atoms with Crippen molar-refractivity contribution in [2.24, 2.45) is 5.92 Å². The van der Waals surface area contributed by atoms with Gasteiger partial charge in [-0.15, -0.1) is 11.3 Å². The van der Waals surface area contributed by atoms with E-state index in [1.54, 1.807) is 0 Å². The van der Waals surface area contributed by atoms with Crippen LogP contribution in [0.3, 0.4) is 0 Å². The van der Waals surface area contributed by atoms with Crippen LogP contribution in [0.25, 0.3) is 0 Å². The minimum Gasteiger partial charge on any atom is -0.309 e. The van der Waals surface area contributed by atoms with Gasteiger partial charge >= 0.3 is 0 Å². The van der Waals surface area contributed by atoms with Gasteiger partial charge in [-0.3, -0.25) is 0 Å². The van der Waals surface area contributed by atoms with Gasteiger partial charge in [0, 0.05) is 22.3 Å². The van der Waals surface area contributed by atoms with Crippen molar-refractivity contribution in [2.45, 2.75) is 52.1 Å². The Labute approximate surface area is 96.9 Å². The molecule has 0 spiro atoms. The molecule has 0 aromatic carbocycles. The van der Waals surface area contributed by atoms with Gasteiger partial charge in [0.25, 0.3) is 0 Å². The first-order valence-electron chi connectivity index (χ1n) is 6.09. The number of nitrogens with one attached hydrogen (secondary N) is 1. The number of hydrogen-bond donors (Lipinski definition) is 1. The number of aryl methyl sites for hydroxylation is 1. The largest absolute Gasteiger partial charge is 0.309 e. The Morgan fingerprint density at radius 1 is 1.33 bits per heavy atom. The summed E-state index contributed by atoms with van der Waals surface area (Å²) in [6, 6.07) is 5.31. The standard InChI is InChI=1S/C13H21NS/c1-3-12-6-7-13(15-12)9-14-11-5-4-10(2)8-11/h6-7,10-11,14H,3-5,8-9H2,1-2H3. The van der Waals surface area contributed by atoms with E-state index in [-0.39, 0.29) is 0 Å². The Hall–Kier alpha value is -0.340. The van der Waals surface area contributed by atoms with Gasteiger partial charge in [0.2, 0.25) is 0 Å². The van der Waals surface area contributed by atoms with Crippen molar-refractivity contribution in [1.29, 1.82) is 0 Å². The fourth-order valence-corrected chi connectivity index (χ4v) is 3.25. The van der Waals surface area contributed by atoms with E-state index in [0.717, 1.165) is 18.5 Å². The molecule has 1 aromatic rings. The molecule has 2 heteroatoms. The van der Waals surface area contributed by atoms with E-state index < -0.39 is 0 Å². The molecule has 1 aliphatic carbocycles. The Balaban J connectivity index is 1.77. The topological polar surface area (TPSA) is 12.0 Å². The first-order valence-corrected chi connectivity index (χ1v) is 6.90. The predicted molar refractivity (Wildman–Crippen MR) is 67.3 cm³/mol. The molecule has 2 unspecified atom stereocenters. The fraction of sp³-hybridized carbons (Fsp3) is 0.692. The zero-order chi connectivity index (χ0) is 10.7. The summed E-state index contributed by atoms with van der Waals surface area (Å²) in [5.74, 6) is 0.928. The van der Waals surface area contributed by atoms with Crippen LogP contribution >= 0.6 is 11.3 Å². The minimum absolute atomic E-state index is 0.771. The lowest BCUT2D eigenvalue weighted by molar-refractivity contribution is 0.504. The van der Waals surface area contributed by atoms with Gasteiger partial charge in [0.05, 0.1) is 0 Å². The van der Waals surface area contributed by atoms with Crippen LogP contribution in [0.1, 0.15) is 42.9 Å². The molecular formula is C13H21NS. The molecular weight excluding hydrogens is 202 g/mol. The lowest BCUT2D eigenvalue weighted by atomic mass is 10.1. The molecule has 1 aromatic heterocycles. The lowest BCUT2D eigenvalue weighted by Crippen LogP contribution is -2.25. The molecule has 1 nitrogen and oxygen atoms in total. The summed E-state index contributed by atoms with van der Waals surface area (Å²) in [4.78, 5) is 3.00. The first-order chi connectivity index (χ1) is 7.28. The highest BCUT2D eigenvalue weighted by molar-refractivity contribution is 7.11. The molecule has 2 rings (SSSR count). The fourth-order valence-electron chi connectivity index (χ4n) is 2.34. The molecule has 0 radical (unpaired) electrons. The smallest absolute Gasteiger partial charge is 0.0302 e. The highest BCUT2D eigenvalue weighted by Gasteiger charge is 2.20. The average Bonchev–Trinajstić information content (AvgIpc) is 2.83. The summed E-state index contributed by atoms with van der Waals surface area (Å²) in [6.07, 6.45) is 5.31. The Morgan fingerprint density at radius 2 is 2.13 bits per heavy atom. The average molecular weight is 223 g/mol. The van der Waals surface area contributed by atoms with Crippen molar-refractivity contribution < 1.29 is 0 Å². The third kappa shape index (κ3) is 3.05. The van der Waals surface area contributed by atoms with E-state index in [4.69, 9.17) is 0 Å². The maximum Gasteiger partial charge on any atom is 0.0302 e. The molecule has 1 fully saturated rings. The molecule has 2 atom stereocenters. The molecule has 0 bridgehead atoms. The molecule has 0 amide bonds. The van der Waals surface area contributed by atoms with E-state index in [9.17, 15) is 0 Å². The van der Waals surface area contributed by atoms with E-state index in [1.165, 1.54) is 35.4 Å². The van der Waals surface area contributed by atoms with Crippen LogP contribution < -0.4 is 5.32 Å². The normalized spacial score (nSPS) is 26.0. The first kappa shape index (κ1) is 11.2. The van der Waals surface area contributed by atoms with Crippen molar-refractivity contribution in [3.8, 4) is 0 Å². The summed E-state index contributed by atoms with van der Waals surface area (Å²) < 4.78 is 0. The van der Waals surface area contributed by atoms with Crippen LogP contribution in [0.5, 0.6) is 0 Å². The molecule has 1 N–H and O–H groups in total. The van der Waals surface area contributed by atoms with Crippen molar-refractivity contribution in [3.05, 3.63) is 21.9 Å². The monoisotopic (exact) mass is 223 g/mol. The number of hydrogen-bond acceptors (Lipinski definition) is 2. The summed E-state index contributed by atoms with van der Waals surface area (Å²) in [7, 11) is 0. The highest BCUT2D eigenvalue weighted by atomic mass is 32.1. The third-order valence-electron chi connectivity index (χ3n) is 3.33. The minimum atomic E-state index is 0.771. The van der Waals surface area contributed by atoms with Crippen LogP contribution in [-0.2, 0) is 13.0 Å². The second-order valence-corrected chi connectivity index (χ2v) is 5.97. The zero-order valence-electron chi connectivity index (χ0n) is 9.75. The van der Waals surface area contributed by atoms with E-state index in [0.29, 0.717) is 0 Å². The maximum absolute atomic E-state index is 3.68. The quantitative estimate of drug-likeness (QED) is 0.822. The third-order valence-corrected chi connectivity index (χ3v) is 4.56. The summed E-state index contributed by atoms with van der Waals surface area (Å²) in [5.41, 5.74) is 0. The molecule has 1 saturated carbocycles. The summed E-state index contributed by atoms with van der Waals surface area (Å²) in [6.45, 7) is 5.66. The number of thiophene rings is 1. The van der Waals surface area contributed by atoms with Crippen molar-refractivity contribution in [2.75, 3.05) is 0 Å². The van der Waals surface area contributed by atoms with Crippen LogP contribution in [0.4, 0.5) is 0 Å². The van der Waals surface area contributed by atoms with Crippen molar-refractivity contribution in [1.82, 2.24) is 5.32 Å². The van der Waals surface area contributed by atoms with Crippen LogP contribution in [0.2, 0.25) is 0 Å². The molecule has 15 heavy (non-hydrogen) atoms. The van der Waals surface area contributed by atoms with Gasteiger partial charge in [-0.05, 0) is 43.7 Å². The van der Waals surface area contributed by atoms with Gasteiger partial charge in [-0.25, -0.2) is 0 Å². The van der Waals surface area contributed by atoms with Crippen LogP contribution in [0.15, 0.2) is 12.1 Å². The molecule has 84 valence electrons. The van der Waals surface area contributed by atoms with E-state index >= 15 is 0 Å². The van der Waals surface area contributed by atoms with Gasteiger partial charge in [0.15, 0.2) is 0 Å². The zero-order valence-corrected chi connectivity index (χ0v) is 10.6. The second-order valence-electron chi connectivity index (χ2n) is 4.72. The van der Waals surface area contributed by atoms with Gasteiger partial charge < -0.3 is 5.32 Å². The summed E-state index contributed by atoms with van der Waals surface area (Å²) in [5, 5.41) is 3.68. The van der Waals surface area contributed by atoms with Gasteiger partial charge in [-0.1, -0.05) is 13.8 Å². The predicted octanol–water partition coefficient (Wildman–Crippen LogP) is 3.59. The Kier molecular flexibility index (Phi) is 3.81.